The highest BCUT2D eigenvalue weighted by molar-refractivity contribution is 7.91. The molecule has 0 heterocycles. The molecular formula is C18H22O10S. The van der Waals surface area contributed by atoms with Crippen LogP contribution in [0.4, 0.5) is 0 Å². The molecule has 0 saturated carbocycles. The predicted molar refractivity (Wildman–Crippen MR) is 101 cm³/mol. The molecule has 0 spiro atoms. The number of aromatic hydroxyl groups is 2. The number of rotatable bonds is 8. The highest BCUT2D eigenvalue weighted by atomic mass is 32.2. The Bertz CT molecular complexity index is 939. The van der Waals surface area contributed by atoms with Crippen molar-refractivity contribution in [3.63, 3.8) is 0 Å². The maximum atomic E-state index is 13.5. The van der Waals surface area contributed by atoms with E-state index in [1.54, 1.807) is 0 Å². The zero-order chi connectivity index (χ0) is 21.9. The highest BCUT2D eigenvalue weighted by Gasteiger charge is 2.34. The molecule has 0 aliphatic heterocycles. The van der Waals surface area contributed by atoms with Gasteiger partial charge in [-0.05, 0) is 0 Å². The van der Waals surface area contributed by atoms with Crippen LogP contribution in [-0.2, 0) is 9.84 Å². The van der Waals surface area contributed by atoms with E-state index in [1.807, 2.05) is 0 Å². The molecule has 2 aromatic rings. The molecular weight excluding hydrogens is 408 g/mol. The summed E-state index contributed by atoms with van der Waals surface area (Å²) in [7, 11) is 3.04. The third-order valence-corrected chi connectivity index (χ3v) is 5.88. The molecule has 11 heteroatoms. The number of sulfone groups is 1. The average molecular weight is 430 g/mol. The first kappa shape index (κ1) is 22.1. The first-order valence-electron chi connectivity index (χ1n) is 8.02. The van der Waals surface area contributed by atoms with Crippen molar-refractivity contribution in [2.75, 3.05) is 42.7 Å². The molecule has 2 rings (SSSR count). The first-order valence-corrected chi connectivity index (χ1v) is 9.50. The second-order valence-corrected chi connectivity index (χ2v) is 7.37. The predicted octanol–water partition coefficient (Wildman–Crippen LogP) is 1.98. The zero-order valence-electron chi connectivity index (χ0n) is 16.7. The van der Waals surface area contributed by atoms with Crippen molar-refractivity contribution in [1.82, 2.24) is 0 Å². The van der Waals surface area contributed by atoms with Gasteiger partial charge in [0, 0.05) is 12.1 Å². The Kier molecular flexibility index (Phi) is 6.42. The van der Waals surface area contributed by atoms with Gasteiger partial charge in [0.25, 0.3) is 0 Å². The van der Waals surface area contributed by atoms with Gasteiger partial charge >= 0.3 is 0 Å². The van der Waals surface area contributed by atoms with Crippen molar-refractivity contribution in [1.29, 1.82) is 0 Å². The fourth-order valence-corrected chi connectivity index (χ4v) is 4.36. The van der Waals surface area contributed by atoms with Gasteiger partial charge in [0.2, 0.25) is 32.8 Å². The lowest BCUT2D eigenvalue weighted by Gasteiger charge is -2.19. The number of methoxy groups -OCH3 is 6. The Morgan fingerprint density at radius 1 is 0.586 bits per heavy atom. The lowest BCUT2D eigenvalue weighted by Crippen LogP contribution is -2.09. The lowest BCUT2D eigenvalue weighted by atomic mass is 10.2. The van der Waals surface area contributed by atoms with Crippen LogP contribution in [0.2, 0.25) is 0 Å². The van der Waals surface area contributed by atoms with Crippen LogP contribution in [0.25, 0.3) is 0 Å². The molecule has 160 valence electrons. The molecule has 0 bridgehead atoms. The number of hydrogen-bond acceptors (Lipinski definition) is 10. The van der Waals surface area contributed by atoms with Crippen LogP contribution in [0.3, 0.4) is 0 Å². The smallest absolute Gasteiger partial charge is 0.214 e. The molecule has 0 unspecified atom stereocenters. The molecule has 0 aliphatic rings. The van der Waals surface area contributed by atoms with Crippen molar-refractivity contribution in [3.8, 4) is 46.0 Å². The molecule has 10 nitrogen and oxygen atoms in total. The van der Waals surface area contributed by atoms with Crippen molar-refractivity contribution >= 4 is 9.84 Å². The van der Waals surface area contributed by atoms with Crippen LogP contribution in [-0.4, -0.2) is 61.3 Å². The molecule has 2 aromatic carbocycles. The molecule has 0 aliphatic carbocycles. The Labute approximate surface area is 168 Å². The van der Waals surface area contributed by atoms with E-state index < -0.39 is 21.3 Å². The second kappa shape index (κ2) is 8.43. The summed E-state index contributed by atoms with van der Waals surface area (Å²) in [5, 5.41) is 20.5. The third-order valence-electron chi connectivity index (χ3n) is 4.12. The third kappa shape index (κ3) is 3.48. The number of phenolic OH excluding ortho intramolecular Hbond substituents is 2. The van der Waals surface area contributed by atoms with Crippen molar-refractivity contribution in [2.45, 2.75) is 9.79 Å². The van der Waals surface area contributed by atoms with Crippen LogP contribution < -0.4 is 28.4 Å². The van der Waals surface area contributed by atoms with Gasteiger partial charge in [-0.1, -0.05) is 0 Å². The Hall–Kier alpha value is -3.21. The first-order chi connectivity index (χ1) is 13.7. The van der Waals surface area contributed by atoms with Gasteiger partial charge in [-0.15, -0.1) is 0 Å². The van der Waals surface area contributed by atoms with Crippen LogP contribution in [0, 0.1) is 0 Å². The Morgan fingerprint density at radius 2 is 0.897 bits per heavy atom. The molecule has 0 radical (unpaired) electrons. The van der Waals surface area contributed by atoms with E-state index >= 15 is 0 Å². The molecule has 0 amide bonds. The average Bonchev–Trinajstić information content (AvgIpc) is 2.72. The van der Waals surface area contributed by atoms with Crippen LogP contribution in [0.15, 0.2) is 21.9 Å². The van der Waals surface area contributed by atoms with Crippen molar-refractivity contribution in [3.05, 3.63) is 12.1 Å². The summed E-state index contributed by atoms with van der Waals surface area (Å²) in [6, 6.07) is 2.16. The van der Waals surface area contributed by atoms with Gasteiger partial charge < -0.3 is 38.6 Å². The normalized spacial score (nSPS) is 11.0. The SMILES string of the molecule is COc1cc(S(=O)(=O)c2cc(OC)c(O)c(OC)c2OC)c(OC)c(OC)c1O. The standard InChI is InChI=1S/C18H22O10S/c1-23-9-7-11(15(25-3)17(27-5)13(9)19)29(21,22)12-8-10(24-2)14(20)18(28-6)16(12)26-4/h7-8,19-20H,1-6H3. The monoisotopic (exact) mass is 430 g/mol. The number of hydrogen-bond donors (Lipinski definition) is 2. The largest absolute Gasteiger partial charge is 0.502 e. The topological polar surface area (TPSA) is 130 Å². The summed E-state index contributed by atoms with van der Waals surface area (Å²) < 4.78 is 57.8. The van der Waals surface area contributed by atoms with E-state index in [4.69, 9.17) is 28.4 Å². The maximum absolute atomic E-state index is 13.5. The van der Waals surface area contributed by atoms with Crippen molar-refractivity contribution < 1.29 is 47.1 Å². The van der Waals surface area contributed by atoms with E-state index in [0.717, 1.165) is 12.1 Å². The molecule has 29 heavy (non-hydrogen) atoms. The number of benzene rings is 2. The summed E-state index contributed by atoms with van der Waals surface area (Å²) in [5.41, 5.74) is 0. The lowest BCUT2D eigenvalue weighted by molar-refractivity contribution is 0.307. The van der Waals surface area contributed by atoms with Gasteiger partial charge in [0.1, 0.15) is 9.79 Å². The molecule has 2 N–H and O–H groups in total. The van der Waals surface area contributed by atoms with Gasteiger partial charge in [-0.25, -0.2) is 8.42 Å². The van der Waals surface area contributed by atoms with E-state index in [1.165, 1.54) is 42.7 Å². The van der Waals surface area contributed by atoms with E-state index in [2.05, 4.69) is 0 Å². The van der Waals surface area contributed by atoms with Gasteiger partial charge in [-0.3, -0.25) is 0 Å². The van der Waals surface area contributed by atoms with Crippen LogP contribution in [0.5, 0.6) is 46.0 Å². The van der Waals surface area contributed by atoms with Gasteiger partial charge in [-0.2, -0.15) is 0 Å². The summed E-state index contributed by atoms with van der Waals surface area (Å²) >= 11 is 0. The van der Waals surface area contributed by atoms with E-state index in [9.17, 15) is 18.6 Å². The van der Waals surface area contributed by atoms with Crippen LogP contribution in [0.1, 0.15) is 0 Å². The minimum Gasteiger partial charge on any atom is -0.502 e. The summed E-state index contributed by atoms with van der Waals surface area (Å²) in [6.45, 7) is 0. The number of phenols is 2. The molecule has 0 fully saturated rings. The summed E-state index contributed by atoms with van der Waals surface area (Å²) in [6.07, 6.45) is 0. The number of ether oxygens (including phenoxy) is 6. The summed E-state index contributed by atoms with van der Waals surface area (Å²) in [4.78, 5) is -0.751. The summed E-state index contributed by atoms with van der Waals surface area (Å²) in [5.74, 6) is -2.14. The van der Waals surface area contributed by atoms with E-state index in [0.29, 0.717) is 0 Å². The van der Waals surface area contributed by atoms with Gasteiger partial charge in [0.15, 0.2) is 23.0 Å². The van der Waals surface area contributed by atoms with Crippen LogP contribution >= 0.6 is 0 Å². The fraction of sp³-hybridized carbons (Fsp3) is 0.333. The molecule has 0 aromatic heterocycles. The fourth-order valence-electron chi connectivity index (χ4n) is 2.76. The Morgan fingerprint density at radius 3 is 1.14 bits per heavy atom. The van der Waals surface area contributed by atoms with Crippen molar-refractivity contribution in [2.24, 2.45) is 0 Å². The molecule has 0 atom stereocenters. The zero-order valence-corrected chi connectivity index (χ0v) is 17.5. The Balaban J connectivity index is 2.97. The maximum Gasteiger partial charge on any atom is 0.214 e. The minimum atomic E-state index is -4.38. The highest BCUT2D eigenvalue weighted by Crippen LogP contribution is 2.52. The minimum absolute atomic E-state index is 0.155. The quantitative estimate of drug-likeness (QED) is 0.641. The van der Waals surface area contributed by atoms with E-state index in [-0.39, 0.29) is 44.3 Å². The molecule has 0 saturated heterocycles. The van der Waals surface area contributed by atoms with Gasteiger partial charge in [0.05, 0.1) is 42.7 Å². The second-order valence-electron chi connectivity index (χ2n) is 5.49.